The second-order valence-electron chi connectivity index (χ2n) is 6.74. The number of aromatic carboxylic acids is 1. The topological polar surface area (TPSA) is 95.5 Å². The number of H-pyrrole nitrogens is 1. The summed E-state index contributed by atoms with van der Waals surface area (Å²) in [6.07, 6.45) is -0.321. The number of rotatable bonds is 2. The summed E-state index contributed by atoms with van der Waals surface area (Å²) in [4.78, 5) is 32.2. The maximum atomic E-state index is 11.9. The van der Waals surface area contributed by atoms with E-state index in [1.165, 1.54) is 6.07 Å². The SMILES string of the molecule is CC(C)(C)OC(=O)N1CC(c2nc3ccc(C(=O)O)cc3[nH]2)C1. The third-order valence-corrected chi connectivity index (χ3v) is 3.67. The number of imidazole rings is 1. The fourth-order valence-corrected chi connectivity index (χ4v) is 2.48. The Morgan fingerprint density at radius 2 is 2.04 bits per heavy atom. The molecule has 1 saturated heterocycles. The number of likely N-dealkylation sites (tertiary alicyclic amines) is 1. The molecular formula is C16H19N3O4. The van der Waals surface area contributed by atoms with Crippen molar-refractivity contribution in [1.82, 2.24) is 14.9 Å². The first kappa shape index (κ1) is 15.3. The molecule has 0 unspecified atom stereocenters. The number of nitrogens with one attached hydrogen (secondary N) is 1. The van der Waals surface area contributed by atoms with E-state index in [0.717, 1.165) is 11.3 Å². The third-order valence-electron chi connectivity index (χ3n) is 3.67. The zero-order valence-corrected chi connectivity index (χ0v) is 13.3. The first-order valence-corrected chi connectivity index (χ1v) is 7.44. The van der Waals surface area contributed by atoms with Gasteiger partial charge in [0.1, 0.15) is 11.4 Å². The highest BCUT2D eigenvalue weighted by molar-refractivity contribution is 5.92. The molecule has 7 heteroatoms. The van der Waals surface area contributed by atoms with Crippen LogP contribution in [0.25, 0.3) is 11.0 Å². The van der Waals surface area contributed by atoms with Crippen LogP contribution in [-0.4, -0.2) is 50.7 Å². The Labute approximate surface area is 133 Å². The lowest BCUT2D eigenvalue weighted by Crippen LogP contribution is -2.50. The minimum absolute atomic E-state index is 0.114. The third kappa shape index (κ3) is 3.13. The predicted octanol–water partition coefficient (Wildman–Crippen LogP) is 2.60. The lowest BCUT2D eigenvalue weighted by atomic mass is 10.0. The zero-order valence-electron chi connectivity index (χ0n) is 13.3. The van der Waals surface area contributed by atoms with Crippen LogP contribution in [-0.2, 0) is 4.74 Å². The van der Waals surface area contributed by atoms with Crippen molar-refractivity contribution in [3.63, 3.8) is 0 Å². The van der Waals surface area contributed by atoms with Crippen LogP contribution >= 0.6 is 0 Å². The summed E-state index contributed by atoms with van der Waals surface area (Å²) in [5.74, 6) is -0.0895. The lowest BCUT2D eigenvalue weighted by molar-refractivity contribution is 0.00760. The fourth-order valence-electron chi connectivity index (χ4n) is 2.48. The summed E-state index contributed by atoms with van der Waals surface area (Å²) in [6, 6.07) is 4.78. The highest BCUT2D eigenvalue weighted by Crippen LogP contribution is 2.28. The molecule has 0 bridgehead atoms. The molecule has 122 valence electrons. The lowest BCUT2D eigenvalue weighted by Gasteiger charge is -2.38. The summed E-state index contributed by atoms with van der Waals surface area (Å²) < 4.78 is 5.32. The Morgan fingerprint density at radius 3 is 2.65 bits per heavy atom. The molecular weight excluding hydrogens is 298 g/mol. The van der Waals surface area contributed by atoms with Crippen LogP contribution < -0.4 is 0 Å². The molecule has 1 fully saturated rings. The van der Waals surface area contributed by atoms with Crippen LogP contribution in [0.2, 0.25) is 0 Å². The first-order valence-electron chi connectivity index (χ1n) is 7.44. The van der Waals surface area contributed by atoms with Crippen LogP contribution in [0.1, 0.15) is 42.9 Å². The number of hydrogen-bond donors (Lipinski definition) is 2. The van der Waals surface area contributed by atoms with Gasteiger partial charge in [-0.25, -0.2) is 14.6 Å². The van der Waals surface area contributed by atoms with E-state index in [2.05, 4.69) is 9.97 Å². The number of aromatic amines is 1. The van der Waals surface area contributed by atoms with Crippen molar-refractivity contribution in [3.05, 3.63) is 29.6 Å². The van der Waals surface area contributed by atoms with Gasteiger partial charge in [-0.2, -0.15) is 0 Å². The molecule has 0 atom stereocenters. The number of aromatic nitrogens is 2. The second kappa shape index (κ2) is 5.26. The normalized spacial score (nSPS) is 15.5. The minimum Gasteiger partial charge on any atom is -0.478 e. The van der Waals surface area contributed by atoms with Crippen LogP contribution in [0, 0.1) is 0 Å². The molecule has 23 heavy (non-hydrogen) atoms. The monoisotopic (exact) mass is 317 g/mol. The molecule has 1 aliphatic rings. The molecule has 0 spiro atoms. The van der Waals surface area contributed by atoms with E-state index >= 15 is 0 Å². The van der Waals surface area contributed by atoms with Crippen LogP contribution in [0.5, 0.6) is 0 Å². The van der Waals surface area contributed by atoms with Crippen molar-refractivity contribution in [1.29, 1.82) is 0 Å². The van der Waals surface area contributed by atoms with Gasteiger partial charge >= 0.3 is 12.1 Å². The molecule has 2 heterocycles. The molecule has 3 rings (SSSR count). The number of ether oxygens (including phenoxy) is 1. The van der Waals surface area contributed by atoms with Gasteiger partial charge in [-0.3, -0.25) is 0 Å². The quantitative estimate of drug-likeness (QED) is 0.887. The van der Waals surface area contributed by atoms with E-state index < -0.39 is 11.6 Å². The molecule has 1 aromatic carbocycles. The Kier molecular flexibility index (Phi) is 3.50. The van der Waals surface area contributed by atoms with Gasteiger partial charge in [0.25, 0.3) is 0 Å². The molecule has 7 nitrogen and oxygen atoms in total. The van der Waals surface area contributed by atoms with Crippen LogP contribution in [0.4, 0.5) is 4.79 Å². The van der Waals surface area contributed by atoms with Gasteiger partial charge in [-0.05, 0) is 39.0 Å². The number of fused-ring (bicyclic) bond motifs is 1. The summed E-state index contributed by atoms with van der Waals surface area (Å²) in [7, 11) is 0. The fraction of sp³-hybridized carbons (Fsp3) is 0.438. The number of carbonyl (C=O) groups excluding carboxylic acids is 1. The minimum atomic E-state index is -0.970. The summed E-state index contributed by atoms with van der Waals surface area (Å²) in [6.45, 7) is 6.59. The average molecular weight is 317 g/mol. The Balaban J connectivity index is 1.69. The molecule has 1 aromatic heterocycles. The van der Waals surface area contributed by atoms with E-state index in [1.807, 2.05) is 20.8 Å². The van der Waals surface area contributed by atoms with Crippen molar-refractivity contribution in [2.24, 2.45) is 0 Å². The number of amides is 1. The number of carbonyl (C=O) groups is 2. The van der Waals surface area contributed by atoms with Gasteiger partial charge in [0.2, 0.25) is 0 Å². The zero-order chi connectivity index (χ0) is 16.8. The van der Waals surface area contributed by atoms with Crippen molar-refractivity contribution in [2.45, 2.75) is 32.3 Å². The highest BCUT2D eigenvalue weighted by Gasteiger charge is 2.36. The van der Waals surface area contributed by atoms with E-state index in [0.29, 0.717) is 18.6 Å². The van der Waals surface area contributed by atoms with E-state index in [-0.39, 0.29) is 17.6 Å². The van der Waals surface area contributed by atoms with E-state index in [1.54, 1.807) is 17.0 Å². The largest absolute Gasteiger partial charge is 0.478 e. The Hall–Kier alpha value is -2.57. The maximum Gasteiger partial charge on any atom is 0.410 e. The molecule has 1 aliphatic heterocycles. The van der Waals surface area contributed by atoms with Gasteiger partial charge in [-0.1, -0.05) is 0 Å². The van der Waals surface area contributed by atoms with Crippen molar-refractivity contribution in [2.75, 3.05) is 13.1 Å². The van der Waals surface area contributed by atoms with Crippen LogP contribution in [0.3, 0.4) is 0 Å². The van der Waals surface area contributed by atoms with Gasteiger partial charge < -0.3 is 19.7 Å². The van der Waals surface area contributed by atoms with E-state index in [9.17, 15) is 9.59 Å². The Morgan fingerprint density at radius 1 is 1.35 bits per heavy atom. The van der Waals surface area contributed by atoms with Crippen molar-refractivity contribution in [3.8, 4) is 0 Å². The van der Waals surface area contributed by atoms with Gasteiger partial charge in [0, 0.05) is 13.1 Å². The molecule has 0 saturated carbocycles. The summed E-state index contributed by atoms with van der Waals surface area (Å²) in [5, 5.41) is 9.01. The Bertz CT molecular complexity index is 769. The second-order valence-corrected chi connectivity index (χ2v) is 6.74. The number of nitrogens with zero attached hydrogens (tertiary/aromatic N) is 2. The smallest absolute Gasteiger partial charge is 0.410 e. The number of hydrogen-bond acceptors (Lipinski definition) is 4. The van der Waals surface area contributed by atoms with Crippen molar-refractivity contribution >= 4 is 23.1 Å². The number of benzene rings is 1. The summed E-state index contributed by atoms with van der Waals surface area (Å²) in [5.41, 5.74) is 1.13. The first-order chi connectivity index (χ1) is 10.7. The molecule has 1 amide bonds. The average Bonchev–Trinajstić information content (AvgIpc) is 2.76. The molecule has 0 aliphatic carbocycles. The predicted molar refractivity (Wildman–Crippen MR) is 83.6 cm³/mol. The van der Waals surface area contributed by atoms with E-state index in [4.69, 9.17) is 9.84 Å². The van der Waals surface area contributed by atoms with Gasteiger partial charge in [0.15, 0.2) is 0 Å². The molecule has 2 aromatic rings. The maximum absolute atomic E-state index is 11.9. The number of carboxylic acid groups (broad SMARTS) is 1. The summed E-state index contributed by atoms with van der Waals surface area (Å²) >= 11 is 0. The van der Waals surface area contributed by atoms with Gasteiger partial charge in [-0.15, -0.1) is 0 Å². The molecule has 0 radical (unpaired) electrons. The standard InChI is InChI=1S/C16H19N3O4/c1-16(2,3)23-15(22)19-7-10(8-19)13-17-11-5-4-9(14(20)21)6-12(11)18-13/h4-6,10H,7-8H2,1-3H3,(H,17,18)(H,20,21). The van der Waals surface area contributed by atoms with Crippen LogP contribution in [0.15, 0.2) is 18.2 Å². The van der Waals surface area contributed by atoms with Crippen molar-refractivity contribution < 1.29 is 19.4 Å². The molecule has 2 N–H and O–H groups in total. The van der Waals surface area contributed by atoms with Gasteiger partial charge in [0.05, 0.1) is 22.5 Å². The number of carboxylic acids is 1. The highest BCUT2D eigenvalue weighted by atomic mass is 16.6.